The van der Waals surface area contributed by atoms with Crippen LogP contribution in [0.1, 0.15) is 25.7 Å². The minimum absolute atomic E-state index is 0.225. The third-order valence-electron chi connectivity index (χ3n) is 5.24. The van der Waals surface area contributed by atoms with Gasteiger partial charge in [0.05, 0.1) is 11.8 Å². The lowest BCUT2D eigenvalue weighted by Gasteiger charge is -2.19. The maximum atomic E-state index is 12.5. The zero-order chi connectivity index (χ0) is 19.5. The number of para-hydroxylation sites is 1. The summed E-state index contributed by atoms with van der Waals surface area (Å²) in [6, 6.07) is 12.4. The highest BCUT2D eigenvalue weighted by Crippen LogP contribution is 2.38. The van der Waals surface area contributed by atoms with Crippen LogP contribution in [0.15, 0.2) is 48.7 Å². The second-order valence-corrected chi connectivity index (χ2v) is 7.08. The number of anilines is 1. The molecule has 0 unspecified atom stereocenters. The molecule has 3 amide bonds. The number of amides is 3. The number of nitrogens with zero attached hydrogens (tertiary/aromatic N) is 2. The summed E-state index contributed by atoms with van der Waals surface area (Å²) in [5, 5.41) is 2.71. The molecule has 2 atom stereocenters. The molecule has 2 aromatic rings. The summed E-state index contributed by atoms with van der Waals surface area (Å²) in [6.07, 6.45) is 4.92. The maximum absolute atomic E-state index is 12.5. The van der Waals surface area contributed by atoms with Crippen LogP contribution >= 0.6 is 0 Å². The number of fused-ring (bicyclic) bond motifs is 1. The van der Waals surface area contributed by atoms with Crippen molar-refractivity contribution in [2.75, 3.05) is 11.9 Å². The van der Waals surface area contributed by atoms with Crippen molar-refractivity contribution in [3.8, 4) is 11.6 Å². The minimum Gasteiger partial charge on any atom is -0.437 e. The summed E-state index contributed by atoms with van der Waals surface area (Å²) in [5.74, 6) is -0.589. The van der Waals surface area contributed by atoms with Gasteiger partial charge in [-0.3, -0.25) is 19.3 Å². The number of carbonyl (C=O) groups is 3. The number of ether oxygens (including phenoxy) is 1. The molecule has 0 radical (unpaired) electrons. The van der Waals surface area contributed by atoms with Gasteiger partial charge in [0.25, 0.3) is 0 Å². The minimum atomic E-state index is -0.453. The summed E-state index contributed by atoms with van der Waals surface area (Å²) in [4.78, 5) is 42.9. The van der Waals surface area contributed by atoms with E-state index in [9.17, 15) is 14.4 Å². The molecule has 2 aliphatic rings. The normalized spacial score (nSPS) is 21.4. The monoisotopic (exact) mass is 379 g/mol. The fourth-order valence-corrected chi connectivity index (χ4v) is 3.89. The second-order valence-electron chi connectivity index (χ2n) is 7.08. The predicted molar refractivity (Wildman–Crippen MR) is 102 cm³/mol. The van der Waals surface area contributed by atoms with Crippen molar-refractivity contribution in [2.45, 2.75) is 25.7 Å². The van der Waals surface area contributed by atoms with Crippen molar-refractivity contribution in [3.05, 3.63) is 48.7 Å². The molecule has 4 rings (SSSR count). The van der Waals surface area contributed by atoms with E-state index in [-0.39, 0.29) is 36.1 Å². The number of likely N-dealkylation sites (tertiary alicyclic amines) is 1. The fourth-order valence-electron chi connectivity index (χ4n) is 3.89. The van der Waals surface area contributed by atoms with E-state index in [4.69, 9.17) is 4.74 Å². The molecule has 7 nitrogen and oxygen atoms in total. The highest BCUT2D eigenvalue weighted by Gasteiger charge is 2.48. The lowest BCUT2D eigenvalue weighted by molar-refractivity contribution is -0.142. The molecular weight excluding hydrogens is 358 g/mol. The summed E-state index contributed by atoms with van der Waals surface area (Å²) < 4.78 is 5.73. The smallest absolute Gasteiger partial charge is 0.244 e. The van der Waals surface area contributed by atoms with Gasteiger partial charge in [-0.1, -0.05) is 31.0 Å². The molecule has 2 fully saturated rings. The number of pyridine rings is 1. The van der Waals surface area contributed by atoms with Crippen molar-refractivity contribution < 1.29 is 19.1 Å². The van der Waals surface area contributed by atoms with Crippen LogP contribution in [0.3, 0.4) is 0 Å². The van der Waals surface area contributed by atoms with Crippen molar-refractivity contribution in [2.24, 2.45) is 11.8 Å². The average Bonchev–Trinajstić information content (AvgIpc) is 2.95. The summed E-state index contributed by atoms with van der Waals surface area (Å²) >= 11 is 0. The van der Waals surface area contributed by atoms with Gasteiger partial charge in [-0.25, -0.2) is 4.98 Å². The van der Waals surface area contributed by atoms with E-state index in [1.165, 1.54) is 0 Å². The molecule has 1 aromatic heterocycles. The van der Waals surface area contributed by atoms with Gasteiger partial charge >= 0.3 is 0 Å². The Morgan fingerprint density at radius 1 is 1.04 bits per heavy atom. The number of hydrogen-bond acceptors (Lipinski definition) is 5. The van der Waals surface area contributed by atoms with Crippen LogP contribution in [0.5, 0.6) is 11.6 Å². The molecule has 0 bridgehead atoms. The van der Waals surface area contributed by atoms with Gasteiger partial charge in [-0.15, -0.1) is 0 Å². The number of aromatic nitrogens is 1. The maximum Gasteiger partial charge on any atom is 0.244 e. The van der Waals surface area contributed by atoms with Gasteiger partial charge in [-0.2, -0.15) is 0 Å². The first-order valence-corrected chi connectivity index (χ1v) is 9.46. The Morgan fingerprint density at radius 3 is 2.39 bits per heavy atom. The van der Waals surface area contributed by atoms with E-state index < -0.39 is 5.91 Å². The van der Waals surface area contributed by atoms with Crippen molar-refractivity contribution in [1.29, 1.82) is 0 Å². The Morgan fingerprint density at radius 2 is 1.71 bits per heavy atom. The van der Waals surface area contributed by atoms with Gasteiger partial charge in [0, 0.05) is 6.20 Å². The molecule has 0 spiro atoms. The van der Waals surface area contributed by atoms with E-state index in [0.717, 1.165) is 30.6 Å². The molecular formula is C21H21N3O4. The van der Waals surface area contributed by atoms with Gasteiger partial charge in [0.1, 0.15) is 18.0 Å². The quantitative estimate of drug-likeness (QED) is 0.807. The highest BCUT2D eigenvalue weighted by atomic mass is 16.5. The molecule has 144 valence electrons. The fraction of sp³-hybridized carbons (Fsp3) is 0.333. The summed E-state index contributed by atoms with van der Waals surface area (Å²) in [7, 11) is 0. The van der Waals surface area contributed by atoms with Gasteiger partial charge in [0.2, 0.25) is 23.6 Å². The standard InChI is InChI=1S/C21H21N3O4/c25-18(13-24-20(26)15-9-4-5-10-16(15)21(24)27)23-17-11-6-12-22-19(17)28-14-7-2-1-3-8-14/h1-3,6-8,11-12,15-16H,4-5,9-10,13H2,(H,23,25)/t15-,16-/m0/s1. The molecule has 1 aliphatic heterocycles. The van der Waals surface area contributed by atoms with Crippen LogP contribution in [0.25, 0.3) is 0 Å². The number of imide groups is 1. The Labute approximate surface area is 162 Å². The topological polar surface area (TPSA) is 88.6 Å². The van der Waals surface area contributed by atoms with Crippen LogP contribution in [0.4, 0.5) is 5.69 Å². The van der Waals surface area contributed by atoms with Crippen LogP contribution in [-0.4, -0.2) is 34.2 Å². The molecule has 2 heterocycles. The molecule has 28 heavy (non-hydrogen) atoms. The lowest BCUT2D eigenvalue weighted by Crippen LogP contribution is -2.38. The van der Waals surface area contributed by atoms with Gasteiger partial charge in [0.15, 0.2) is 0 Å². The van der Waals surface area contributed by atoms with Crippen LogP contribution in [0.2, 0.25) is 0 Å². The van der Waals surface area contributed by atoms with E-state index in [1.807, 2.05) is 18.2 Å². The number of hydrogen-bond donors (Lipinski definition) is 1. The van der Waals surface area contributed by atoms with E-state index in [2.05, 4.69) is 10.3 Å². The van der Waals surface area contributed by atoms with Crippen LogP contribution in [-0.2, 0) is 14.4 Å². The van der Waals surface area contributed by atoms with Crippen molar-refractivity contribution in [3.63, 3.8) is 0 Å². The number of carbonyl (C=O) groups excluding carboxylic acids is 3. The number of benzene rings is 1. The highest BCUT2D eigenvalue weighted by molar-refractivity contribution is 6.08. The zero-order valence-electron chi connectivity index (χ0n) is 15.3. The largest absolute Gasteiger partial charge is 0.437 e. The van der Waals surface area contributed by atoms with E-state index >= 15 is 0 Å². The summed E-state index contributed by atoms with van der Waals surface area (Å²) in [6.45, 7) is -0.287. The third-order valence-corrected chi connectivity index (χ3v) is 5.24. The number of rotatable bonds is 5. The molecule has 1 aliphatic carbocycles. The Bertz CT molecular complexity index is 876. The lowest BCUT2D eigenvalue weighted by atomic mass is 9.81. The van der Waals surface area contributed by atoms with Gasteiger partial charge < -0.3 is 10.1 Å². The molecule has 1 saturated heterocycles. The van der Waals surface area contributed by atoms with Crippen LogP contribution in [0, 0.1) is 11.8 Å². The zero-order valence-corrected chi connectivity index (χ0v) is 15.3. The van der Waals surface area contributed by atoms with Gasteiger partial charge in [-0.05, 0) is 37.1 Å². The molecule has 1 aromatic carbocycles. The Hall–Kier alpha value is -3.22. The first kappa shape index (κ1) is 18.2. The van der Waals surface area contributed by atoms with E-state index in [0.29, 0.717) is 11.4 Å². The third kappa shape index (κ3) is 3.60. The van der Waals surface area contributed by atoms with Crippen molar-refractivity contribution in [1.82, 2.24) is 9.88 Å². The molecule has 1 saturated carbocycles. The molecule has 7 heteroatoms. The summed E-state index contributed by atoms with van der Waals surface area (Å²) in [5.41, 5.74) is 0.382. The average molecular weight is 379 g/mol. The second kappa shape index (κ2) is 7.80. The Kier molecular flexibility index (Phi) is 5.06. The SMILES string of the molecule is O=C(CN1C(=O)[C@H]2CCCC[C@@H]2C1=O)Nc1cccnc1Oc1ccccc1. The number of nitrogens with one attached hydrogen (secondary N) is 1. The van der Waals surface area contributed by atoms with E-state index in [1.54, 1.807) is 30.5 Å². The van der Waals surface area contributed by atoms with Crippen LogP contribution < -0.4 is 10.1 Å². The Balaban J connectivity index is 1.44. The van der Waals surface area contributed by atoms with Crippen molar-refractivity contribution >= 4 is 23.4 Å². The predicted octanol–water partition coefficient (Wildman–Crippen LogP) is 2.99. The first-order valence-electron chi connectivity index (χ1n) is 9.46. The molecule has 1 N–H and O–H groups in total. The first-order chi connectivity index (χ1) is 13.6.